The van der Waals surface area contributed by atoms with Gasteiger partial charge in [-0.15, -0.1) is 0 Å². The van der Waals surface area contributed by atoms with Crippen LogP contribution in [0.4, 0.5) is 4.39 Å². The molecule has 0 aliphatic carbocycles. The minimum atomic E-state index is -1.08. The Bertz CT molecular complexity index is 447. The Hall–Kier alpha value is -1.42. The minimum absolute atomic E-state index is 0.0252. The molecule has 1 aliphatic heterocycles. The number of nitrogens with zero attached hydrogens (tertiary/aromatic N) is 1. The molecule has 1 aromatic rings. The molecule has 98 valence electrons. The lowest BCUT2D eigenvalue weighted by Crippen LogP contribution is -2.28. The zero-order valence-electron chi connectivity index (χ0n) is 10.5. The third-order valence-electron chi connectivity index (χ3n) is 3.56. The Morgan fingerprint density at radius 2 is 2.28 bits per heavy atom. The van der Waals surface area contributed by atoms with Gasteiger partial charge in [0, 0.05) is 12.6 Å². The molecule has 1 atom stereocenters. The number of hydrogen-bond donors (Lipinski definition) is 1. The van der Waals surface area contributed by atoms with Crippen LogP contribution in [0.2, 0.25) is 0 Å². The molecule has 1 aromatic carbocycles. The van der Waals surface area contributed by atoms with Crippen LogP contribution in [0.1, 0.15) is 42.1 Å². The van der Waals surface area contributed by atoms with Crippen molar-refractivity contribution < 1.29 is 14.3 Å². The van der Waals surface area contributed by atoms with Gasteiger partial charge in [-0.05, 0) is 49.6 Å². The summed E-state index contributed by atoms with van der Waals surface area (Å²) < 4.78 is 13.4. The number of benzene rings is 1. The van der Waals surface area contributed by atoms with Crippen LogP contribution in [-0.4, -0.2) is 28.6 Å². The number of halogens is 1. The second-order valence-electron chi connectivity index (χ2n) is 4.83. The molecule has 1 N–H and O–H groups in total. The van der Waals surface area contributed by atoms with Crippen molar-refractivity contribution in [3.8, 4) is 0 Å². The summed E-state index contributed by atoms with van der Waals surface area (Å²) in [5.41, 5.74) is 0.769. The molecule has 0 saturated carbocycles. The molecule has 2 rings (SSSR count). The van der Waals surface area contributed by atoms with Crippen LogP contribution in [-0.2, 0) is 6.54 Å². The van der Waals surface area contributed by atoms with Gasteiger partial charge in [0.15, 0.2) is 0 Å². The molecule has 1 aliphatic rings. The van der Waals surface area contributed by atoms with Crippen LogP contribution in [0, 0.1) is 5.82 Å². The average molecular weight is 251 g/mol. The van der Waals surface area contributed by atoms with E-state index in [2.05, 4.69) is 11.8 Å². The van der Waals surface area contributed by atoms with Crippen molar-refractivity contribution in [2.45, 2.75) is 38.8 Å². The highest BCUT2D eigenvalue weighted by molar-refractivity contribution is 5.87. The molecule has 1 unspecified atom stereocenters. The highest BCUT2D eigenvalue weighted by Crippen LogP contribution is 2.23. The van der Waals surface area contributed by atoms with Crippen LogP contribution in [0.15, 0.2) is 18.2 Å². The van der Waals surface area contributed by atoms with Crippen molar-refractivity contribution in [3.63, 3.8) is 0 Å². The highest BCUT2D eigenvalue weighted by Gasteiger charge is 2.23. The summed E-state index contributed by atoms with van der Waals surface area (Å²) in [6, 6.07) is 4.60. The fourth-order valence-corrected chi connectivity index (χ4v) is 2.67. The van der Waals surface area contributed by atoms with E-state index in [0.29, 0.717) is 12.6 Å². The molecule has 1 heterocycles. The van der Waals surface area contributed by atoms with Gasteiger partial charge in [-0.3, -0.25) is 4.90 Å². The van der Waals surface area contributed by atoms with Gasteiger partial charge < -0.3 is 5.11 Å². The van der Waals surface area contributed by atoms with Crippen LogP contribution in [0.5, 0.6) is 0 Å². The molecule has 0 amide bonds. The van der Waals surface area contributed by atoms with Crippen LogP contribution in [0.3, 0.4) is 0 Å². The first-order chi connectivity index (χ1) is 8.60. The third-order valence-corrected chi connectivity index (χ3v) is 3.56. The van der Waals surface area contributed by atoms with Gasteiger partial charge in [-0.25, -0.2) is 9.18 Å². The first-order valence-corrected chi connectivity index (χ1v) is 6.37. The monoisotopic (exact) mass is 251 g/mol. The normalized spacial score (nSPS) is 20.2. The lowest BCUT2D eigenvalue weighted by atomic mass is 10.1. The van der Waals surface area contributed by atoms with E-state index in [-0.39, 0.29) is 5.56 Å². The van der Waals surface area contributed by atoms with Gasteiger partial charge in [0.2, 0.25) is 0 Å². The molecule has 18 heavy (non-hydrogen) atoms. The number of aromatic carboxylic acids is 1. The first kappa shape index (κ1) is 13.0. The highest BCUT2D eigenvalue weighted by atomic mass is 19.1. The van der Waals surface area contributed by atoms with Crippen molar-refractivity contribution in [1.82, 2.24) is 4.90 Å². The van der Waals surface area contributed by atoms with E-state index in [9.17, 15) is 9.18 Å². The lowest BCUT2D eigenvalue weighted by Gasteiger charge is -2.23. The van der Waals surface area contributed by atoms with Gasteiger partial charge in [0.25, 0.3) is 0 Å². The van der Waals surface area contributed by atoms with Crippen LogP contribution >= 0.6 is 0 Å². The number of likely N-dealkylation sites (tertiary alicyclic amines) is 1. The predicted octanol–water partition coefficient (Wildman–Crippen LogP) is 2.90. The standard InChI is InChI=1S/C14H18FNO2/c1-2-13-4-3-5-16(13)9-10-6-11(14(17)18)8-12(15)7-10/h6-8,13H,2-5,9H2,1H3,(H,17,18). The van der Waals surface area contributed by atoms with Crippen molar-refractivity contribution >= 4 is 5.97 Å². The van der Waals surface area contributed by atoms with Crippen LogP contribution in [0.25, 0.3) is 0 Å². The van der Waals surface area contributed by atoms with E-state index < -0.39 is 11.8 Å². The first-order valence-electron chi connectivity index (χ1n) is 6.37. The summed E-state index contributed by atoms with van der Waals surface area (Å²) in [7, 11) is 0. The molecule has 1 saturated heterocycles. The molecule has 0 bridgehead atoms. The van der Waals surface area contributed by atoms with Gasteiger partial charge >= 0.3 is 5.97 Å². The topological polar surface area (TPSA) is 40.5 Å². The van der Waals surface area contributed by atoms with Crippen molar-refractivity contribution in [1.29, 1.82) is 0 Å². The molecule has 1 fully saturated rings. The molecular weight excluding hydrogens is 233 g/mol. The summed E-state index contributed by atoms with van der Waals surface area (Å²) >= 11 is 0. The summed E-state index contributed by atoms with van der Waals surface area (Å²) in [5.74, 6) is -1.55. The third kappa shape index (κ3) is 2.88. The van der Waals surface area contributed by atoms with Gasteiger partial charge in [-0.1, -0.05) is 6.92 Å². The SMILES string of the molecule is CCC1CCCN1Cc1cc(F)cc(C(=O)O)c1. The maximum absolute atomic E-state index is 13.4. The number of carboxylic acid groups (broad SMARTS) is 1. The molecule has 0 spiro atoms. The van der Waals surface area contributed by atoms with Gasteiger partial charge in [0.1, 0.15) is 5.82 Å². The fraction of sp³-hybridized carbons (Fsp3) is 0.500. The Morgan fingerprint density at radius 1 is 1.50 bits per heavy atom. The van der Waals surface area contributed by atoms with E-state index in [0.717, 1.165) is 24.6 Å². The van der Waals surface area contributed by atoms with E-state index in [1.807, 2.05) is 0 Å². The van der Waals surface area contributed by atoms with E-state index in [1.54, 1.807) is 6.07 Å². The Kier molecular flexibility index (Phi) is 3.97. The van der Waals surface area contributed by atoms with Crippen molar-refractivity contribution in [2.75, 3.05) is 6.54 Å². The van der Waals surface area contributed by atoms with Crippen molar-refractivity contribution in [3.05, 3.63) is 35.1 Å². The number of hydrogen-bond acceptors (Lipinski definition) is 2. The number of carboxylic acids is 1. The summed E-state index contributed by atoms with van der Waals surface area (Å²) in [5, 5.41) is 8.91. The molecule has 0 aromatic heterocycles. The second kappa shape index (κ2) is 5.48. The zero-order chi connectivity index (χ0) is 13.1. The van der Waals surface area contributed by atoms with Crippen molar-refractivity contribution in [2.24, 2.45) is 0 Å². The second-order valence-corrected chi connectivity index (χ2v) is 4.83. The smallest absolute Gasteiger partial charge is 0.335 e. The Labute approximate surface area is 106 Å². The van der Waals surface area contributed by atoms with E-state index in [1.165, 1.54) is 18.9 Å². The maximum atomic E-state index is 13.4. The zero-order valence-corrected chi connectivity index (χ0v) is 10.5. The quantitative estimate of drug-likeness (QED) is 0.894. The maximum Gasteiger partial charge on any atom is 0.335 e. The van der Waals surface area contributed by atoms with Crippen LogP contribution < -0.4 is 0 Å². The largest absolute Gasteiger partial charge is 0.478 e. The average Bonchev–Trinajstić information content (AvgIpc) is 2.75. The Morgan fingerprint density at radius 3 is 2.94 bits per heavy atom. The lowest BCUT2D eigenvalue weighted by molar-refractivity contribution is 0.0696. The number of rotatable bonds is 4. The van der Waals surface area contributed by atoms with E-state index in [4.69, 9.17) is 5.11 Å². The Balaban J connectivity index is 2.16. The van der Waals surface area contributed by atoms with E-state index >= 15 is 0 Å². The predicted molar refractivity (Wildman–Crippen MR) is 67.1 cm³/mol. The molecule has 4 heteroatoms. The molecule has 3 nitrogen and oxygen atoms in total. The fourth-order valence-electron chi connectivity index (χ4n) is 2.67. The summed E-state index contributed by atoms with van der Waals surface area (Å²) in [6.45, 7) is 3.80. The summed E-state index contributed by atoms with van der Waals surface area (Å²) in [6.07, 6.45) is 3.43. The van der Waals surface area contributed by atoms with Gasteiger partial charge in [0.05, 0.1) is 5.56 Å². The summed E-state index contributed by atoms with van der Waals surface area (Å²) in [4.78, 5) is 13.2. The molecular formula is C14H18FNO2. The number of carbonyl (C=O) groups is 1. The van der Waals surface area contributed by atoms with Gasteiger partial charge in [-0.2, -0.15) is 0 Å². The molecule has 0 radical (unpaired) electrons. The minimum Gasteiger partial charge on any atom is -0.478 e.